The van der Waals surface area contributed by atoms with Gasteiger partial charge in [0.2, 0.25) is 5.62 Å². The Labute approximate surface area is 212 Å². The maximum absolute atomic E-state index is 13.2. The first-order valence-corrected chi connectivity index (χ1v) is 11.7. The van der Waals surface area contributed by atoms with Crippen LogP contribution in [0.4, 0.5) is 5.69 Å². The second kappa shape index (κ2) is 11.5. The van der Waals surface area contributed by atoms with Gasteiger partial charge in [-0.1, -0.05) is 30.7 Å². The molecule has 1 N–H and O–H groups in total. The number of aromatic amines is 1. The number of nitrogens with one attached hydrogen (secondary N) is 1. The van der Waals surface area contributed by atoms with Gasteiger partial charge < -0.3 is 4.74 Å². The molecule has 0 atom stereocenters. The van der Waals surface area contributed by atoms with E-state index in [4.69, 9.17) is 16.3 Å². The summed E-state index contributed by atoms with van der Waals surface area (Å²) >= 11 is 6.00. The van der Waals surface area contributed by atoms with E-state index < -0.39 is 11.4 Å². The molecule has 0 unspecified atom stereocenters. The standard InChI is InChI=1S/C26H25ClN6O3/c1-3-14-32-25(34)31-24(33(26(32)35)17-18-4-6-19(27)7-5-18)30-20-8-11-22(12-9-20)36-23-13-10-21(15-28-2)29-16-23/h4-13,15-16H,3,14,17H2,1-2H3,(H,30,31,34)/b28-15+. The fourth-order valence-electron chi connectivity index (χ4n) is 3.49. The van der Waals surface area contributed by atoms with Crippen LogP contribution in [0, 0.1) is 0 Å². The summed E-state index contributed by atoms with van der Waals surface area (Å²) in [6.07, 6.45) is 3.92. The number of nitrogens with zero attached hydrogens (tertiary/aromatic N) is 5. The first-order chi connectivity index (χ1) is 17.5. The summed E-state index contributed by atoms with van der Waals surface area (Å²) in [6, 6.07) is 17.8. The molecule has 10 heteroatoms. The van der Waals surface area contributed by atoms with Crippen LogP contribution in [0.3, 0.4) is 0 Å². The Balaban J connectivity index is 1.66. The van der Waals surface area contributed by atoms with Crippen LogP contribution in [0.15, 0.2) is 86.4 Å². The maximum Gasteiger partial charge on any atom is 0.335 e. The highest BCUT2D eigenvalue weighted by Gasteiger charge is 2.10. The van der Waals surface area contributed by atoms with Gasteiger partial charge >= 0.3 is 11.4 Å². The Bertz CT molecular complexity index is 1530. The van der Waals surface area contributed by atoms with Gasteiger partial charge in [0, 0.05) is 24.8 Å². The number of H-pyrrole nitrogens is 1. The predicted octanol–water partition coefficient (Wildman–Crippen LogP) is 3.92. The van der Waals surface area contributed by atoms with Crippen LogP contribution < -0.4 is 21.7 Å². The van der Waals surface area contributed by atoms with Crippen molar-refractivity contribution in [3.63, 3.8) is 0 Å². The molecule has 0 amide bonds. The number of aromatic nitrogens is 4. The highest BCUT2D eigenvalue weighted by Crippen LogP contribution is 2.23. The Morgan fingerprint density at radius 2 is 1.72 bits per heavy atom. The van der Waals surface area contributed by atoms with Crippen LogP contribution in [-0.4, -0.2) is 32.4 Å². The molecular weight excluding hydrogens is 480 g/mol. The second-order valence-electron chi connectivity index (χ2n) is 7.91. The molecule has 4 aromatic rings. The third kappa shape index (κ3) is 6.05. The van der Waals surface area contributed by atoms with E-state index in [0.29, 0.717) is 35.2 Å². The van der Waals surface area contributed by atoms with Gasteiger partial charge in [-0.05, 0) is 60.5 Å². The number of ether oxygens (including phenoxy) is 1. The molecule has 0 radical (unpaired) electrons. The molecule has 0 aliphatic heterocycles. The number of pyridine rings is 1. The number of rotatable bonds is 8. The van der Waals surface area contributed by atoms with E-state index in [2.05, 4.69) is 20.0 Å². The summed E-state index contributed by atoms with van der Waals surface area (Å²) in [4.78, 5) is 41.2. The minimum Gasteiger partial charge on any atom is -0.456 e. The molecule has 0 saturated carbocycles. The Kier molecular flexibility index (Phi) is 7.92. The lowest BCUT2D eigenvalue weighted by Crippen LogP contribution is -2.50. The molecule has 2 heterocycles. The Hall–Kier alpha value is -4.24. The van der Waals surface area contributed by atoms with Crippen molar-refractivity contribution in [3.05, 3.63) is 110 Å². The average molecular weight is 505 g/mol. The van der Waals surface area contributed by atoms with Crippen molar-refractivity contribution in [2.75, 3.05) is 7.05 Å². The van der Waals surface area contributed by atoms with Crippen LogP contribution in [-0.2, 0) is 13.1 Å². The summed E-state index contributed by atoms with van der Waals surface area (Å²) in [6.45, 7) is 2.44. The minimum atomic E-state index is -0.503. The molecule has 0 bridgehead atoms. The van der Waals surface area contributed by atoms with Crippen LogP contribution in [0.2, 0.25) is 5.02 Å². The van der Waals surface area contributed by atoms with Crippen LogP contribution in [0.1, 0.15) is 24.6 Å². The molecule has 0 saturated heterocycles. The van der Waals surface area contributed by atoms with Crippen molar-refractivity contribution in [2.45, 2.75) is 26.4 Å². The van der Waals surface area contributed by atoms with E-state index in [0.717, 1.165) is 11.3 Å². The second-order valence-corrected chi connectivity index (χ2v) is 8.35. The first kappa shape index (κ1) is 24.9. The van der Waals surface area contributed by atoms with Crippen molar-refractivity contribution < 1.29 is 4.74 Å². The van der Waals surface area contributed by atoms with Crippen molar-refractivity contribution in [2.24, 2.45) is 9.98 Å². The number of aliphatic imine (C=N–C) groups is 1. The third-order valence-electron chi connectivity index (χ3n) is 5.21. The zero-order valence-corrected chi connectivity index (χ0v) is 20.6. The molecule has 2 aromatic carbocycles. The predicted molar refractivity (Wildman–Crippen MR) is 140 cm³/mol. The quantitative estimate of drug-likeness (QED) is 0.367. The van der Waals surface area contributed by atoms with E-state index >= 15 is 0 Å². The van der Waals surface area contributed by atoms with Gasteiger partial charge in [0.05, 0.1) is 24.1 Å². The molecule has 0 fully saturated rings. The smallest absolute Gasteiger partial charge is 0.335 e. The normalized spacial score (nSPS) is 11.8. The third-order valence-corrected chi connectivity index (χ3v) is 5.46. The van der Waals surface area contributed by atoms with Crippen LogP contribution in [0.5, 0.6) is 11.5 Å². The van der Waals surface area contributed by atoms with Gasteiger partial charge in [-0.2, -0.15) is 0 Å². The van der Waals surface area contributed by atoms with Gasteiger partial charge in [-0.3, -0.25) is 19.5 Å². The maximum atomic E-state index is 13.2. The summed E-state index contributed by atoms with van der Waals surface area (Å²) in [7, 11) is 1.68. The number of hydrogen-bond acceptors (Lipinski definition) is 6. The fraction of sp³-hybridized carbons (Fsp3) is 0.192. The van der Waals surface area contributed by atoms with Crippen molar-refractivity contribution >= 4 is 23.5 Å². The lowest BCUT2D eigenvalue weighted by Gasteiger charge is -2.11. The summed E-state index contributed by atoms with van der Waals surface area (Å²) in [5.41, 5.74) is 1.35. The highest BCUT2D eigenvalue weighted by molar-refractivity contribution is 6.30. The van der Waals surface area contributed by atoms with Gasteiger partial charge in [0.1, 0.15) is 11.5 Å². The van der Waals surface area contributed by atoms with Gasteiger partial charge in [0.15, 0.2) is 0 Å². The summed E-state index contributed by atoms with van der Waals surface area (Å²) in [5, 5.41) is 0.599. The van der Waals surface area contributed by atoms with Crippen LogP contribution >= 0.6 is 11.6 Å². The van der Waals surface area contributed by atoms with Crippen molar-refractivity contribution in [1.82, 2.24) is 19.1 Å². The molecule has 4 rings (SSSR count). The SMILES string of the molecule is CCCn1c(=O)[nH]/c(=N\c2ccc(Oc3ccc(/C=N/C)nc3)cc2)n(Cc2ccc(Cl)cc2)c1=O. The monoisotopic (exact) mass is 504 g/mol. The zero-order valence-electron chi connectivity index (χ0n) is 19.9. The lowest BCUT2D eigenvalue weighted by atomic mass is 10.2. The van der Waals surface area contributed by atoms with E-state index in [-0.39, 0.29) is 12.2 Å². The van der Waals surface area contributed by atoms with Gasteiger partial charge in [-0.25, -0.2) is 19.1 Å². The van der Waals surface area contributed by atoms with E-state index in [1.54, 1.807) is 61.9 Å². The molecule has 184 valence electrons. The van der Waals surface area contributed by atoms with E-state index in [1.807, 2.05) is 25.1 Å². The largest absolute Gasteiger partial charge is 0.456 e. The highest BCUT2D eigenvalue weighted by atomic mass is 35.5. The van der Waals surface area contributed by atoms with Crippen molar-refractivity contribution in [1.29, 1.82) is 0 Å². The lowest BCUT2D eigenvalue weighted by molar-refractivity contribution is 0.480. The average Bonchev–Trinajstić information content (AvgIpc) is 2.88. The van der Waals surface area contributed by atoms with Crippen molar-refractivity contribution in [3.8, 4) is 11.5 Å². The topological polar surface area (TPSA) is 107 Å². The molecule has 36 heavy (non-hydrogen) atoms. The molecule has 0 aliphatic carbocycles. The minimum absolute atomic E-state index is 0.151. The molecular formula is C26H25ClN6O3. The first-order valence-electron chi connectivity index (χ1n) is 11.4. The molecule has 9 nitrogen and oxygen atoms in total. The summed E-state index contributed by atoms with van der Waals surface area (Å²) < 4.78 is 8.45. The zero-order chi connectivity index (χ0) is 25.5. The van der Waals surface area contributed by atoms with Crippen LogP contribution in [0.25, 0.3) is 0 Å². The number of halogens is 1. The van der Waals surface area contributed by atoms with Gasteiger partial charge in [0.25, 0.3) is 0 Å². The Morgan fingerprint density at radius 1 is 1.00 bits per heavy atom. The molecule has 0 aliphatic rings. The molecule has 2 aromatic heterocycles. The molecule has 0 spiro atoms. The van der Waals surface area contributed by atoms with E-state index in [1.165, 1.54) is 9.13 Å². The summed E-state index contributed by atoms with van der Waals surface area (Å²) in [5.74, 6) is 1.17. The Morgan fingerprint density at radius 3 is 2.36 bits per heavy atom. The fourth-order valence-corrected chi connectivity index (χ4v) is 3.61. The van der Waals surface area contributed by atoms with Gasteiger partial charge in [-0.15, -0.1) is 0 Å². The number of benzene rings is 2. The number of hydrogen-bond donors (Lipinski definition) is 1. The van der Waals surface area contributed by atoms with E-state index in [9.17, 15) is 9.59 Å².